The van der Waals surface area contributed by atoms with Crippen LogP contribution < -0.4 is 4.18 Å². The Bertz CT molecular complexity index is 639. The van der Waals surface area contributed by atoms with E-state index in [1.807, 2.05) is 6.92 Å². The summed E-state index contributed by atoms with van der Waals surface area (Å²) < 4.78 is 29.2. The second-order valence-corrected chi connectivity index (χ2v) is 5.89. The van der Waals surface area contributed by atoms with Gasteiger partial charge in [0.1, 0.15) is 9.50 Å². The highest BCUT2D eigenvalue weighted by Gasteiger charge is 2.17. The summed E-state index contributed by atoms with van der Waals surface area (Å²) in [6, 6.07) is 6.36. The van der Waals surface area contributed by atoms with E-state index in [1.54, 1.807) is 12.1 Å². The largest absolute Gasteiger partial charge is 0.356 e. The first kappa shape index (κ1) is 13.0. The highest BCUT2D eigenvalue weighted by Crippen LogP contribution is 2.17. The van der Waals surface area contributed by atoms with E-state index < -0.39 is 10.1 Å². The summed E-state index contributed by atoms with van der Waals surface area (Å²) in [7, 11) is -3.86. The molecule has 0 unspecified atom stereocenters. The van der Waals surface area contributed by atoms with Crippen LogP contribution in [-0.2, 0) is 10.1 Å². The standard InChI is InChI=1S/C11H9BrN2O3S/c1-8-2-4-9(5-3-8)18(15,16)17-11-7-13-10(12)6-14-11/h2-7H,1H3. The minimum Gasteiger partial charge on any atom is -0.356 e. The molecule has 2 aromatic rings. The van der Waals surface area contributed by atoms with Gasteiger partial charge in [0.25, 0.3) is 5.88 Å². The number of aryl methyl sites for hydroxylation is 1. The van der Waals surface area contributed by atoms with E-state index in [1.165, 1.54) is 24.5 Å². The molecule has 0 aliphatic rings. The molecule has 94 valence electrons. The quantitative estimate of drug-likeness (QED) is 0.808. The zero-order chi connectivity index (χ0) is 13.2. The molecule has 0 fully saturated rings. The van der Waals surface area contributed by atoms with Crippen molar-refractivity contribution in [3.05, 3.63) is 46.8 Å². The van der Waals surface area contributed by atoms with Crippen molar-refractivity contribution in [3.8, 4) is 5.88 Å². The SMILES string of the molecule is Cc1ccc(S(=O)(=O)Oc2cnc(Br)cn2)cc1. The summed E-state index contributed by atoms with van der Waals surface area (Å²) in [5.41, 5.74) is 0.970. The average molecular weight is 329 g/mol. The van der Waals surface area contributed by atoms with Gasteiger partial charge in [0.05, 0.1) is 12.4 Å². The van der Waals surface area contributed by atoms with Gasteiger partial charge in [0.15, 0.2) is 0 Å². The Hall–Kier alpha value is -1.47. The van der Waals surface area contributed by atoms with Gasteiger partial charge < -0.3 is 4.18 Å². The molecule has 0 saturated carbocycles. The van der Waals surface area contributed by atoms with Gasteiger partial charge >= 0.3 is 10.1 Å². The van der Waals surface area contributed by atoms with Gasteiger partial charge in [-0.05, 0) is 35.0 Å². The first-order valence-electron chi connectivity index (χ1n) is 4.96. The fourth-order valence-corrected chi connectivity index (χ4v) is 2.29. The Morgan fingerprint density at radius 1 is 1.11 bits per heavy atom. The molecule has 0 spiro atoms. The molecular weight excluding hydrogens is 320 g/mol. The number of halogens is 1. The van der Waals surface area contributed by atoms with Crippen LogP contribution in [-0.4, -0.2) is 18.4 Å². The summed E-state index contributed by atoms with van der Waals surface area (Å²) in [6.45, 7) is 1.87. The van der Waals surface area contributed by atoms with Crippen molar-refractivity contribution in [3.63, 3.8) is 0 Å². The third kappa shape index (κ3) is 3.05. The van der Waals surface area contributed by atoms with Crippen molar-refractivity contribution in [1.29, 1.82) is 0 Å². The van der Waals surface area contributed by atoms with Crippen molar-refractivity contribution in [2.75, 3.05) is 0 Å². The molecular formula is C11H9BrN2O3S. The lowest BCUT2D eigenvalue weighted by Gasteiger charge is -2.05. The number of nitrogens with zero attached hydrogens (tertiary/aromatic N) is 2. The van der Waals surface area contributed by atoms with Crippen molar-refractivity contribution in [2.45, 2.75) is 11.8 Å². The number of aromatic nitrogens is 2. The molecule has 0 saturated heterocycles. The fraction of sp³-hybridized carbons (Fsp3) is 0.0909. The lowest BCUT2D eigenvalue weighted by Crippen LogP contribution is -2.10. The zero-order valence-electron chi connectivity index (χ0n) is 9.37. The molecule has 0 N–H and O–H groups in total. The van der Waals surface area contributed by atoms with Gasteiger partial charge in [0.2, 0.25) is 0 Å². The van der Waals surface area contributed by atoms with Gasteiger partial charge in [0, 0.05) is 0 Å². The molecule has 0 aliphatic heterocycles. The van der Waals surface area contributed by atoms with Crippen LogP contribution in [0.15, 0.2) is 46.2 Å². The highest BCUT2D eigenvalue weighted by molar-refractivity contribution is 9.10. The second kappa shape index (κ2) is 5.03. The maximum atomic E-state index is 11.9. The van der Waals surface area contributed by atoms with E-state index in [-0.39, 0.29) is 10.8 Å². The van der Waals surface area contributed by atoms with E-state index >= 15 is 0 Å². The maximum absolute atomic E-state index is 11.9. The molecule has 0 aliphatic carbocycles. The average Bonchev–Trinajstić information content (AvgIpc) is 2.32. The summed E-state index contributed by atoms with van der Waals surface area (Å²) in [6.07, 6.45) is 2.59. The van der Waals surface area contributed by atoms with Gasteiger partial charge in [-0.2, -0.15) is 8.42 Å². The van der Waals surface area contributed by atoms with Gasteiger partial charge in [-0.15, -0.1) is 0 Å². The van der Waals surface area contributed by atoms with Crippen molar-refractivity contribution < 1.29 is 12.6 Å². The molecule has 0 radical (unpaired) electrons. The molecule has 7 heteroatoms. The highest BCUT2D eigenvalue weighted by atomic mass is 79.9. The van der Waals surface area contributed by atoms with Gasteiger partial charge in [-0.1, -0.05) is 17.7 Å². The van der Waals surface area contributed by atoms with Crippen molar-refractivity contribution in [2.24, 2.45) is 0 Å². The number of hydrogen-bond donors (Lipinski definition) is 0. The normalized spacial score (nSPS) is 11.2. The molecule has 1 aromatic carbocycles. The van der Waals surface area contributed by atoms with Crippen molar-refractivity contribution in [1.82, 2.24) is 9.97 Å². The molecule has 0 atom stereocenters. The molecule has 0 amide bonds. The van der Waals surface area contributed by atoms with Crippen LogP contribution in [0.5, 0.6) is 5.88 Å². The number of benzene rings is 1. The van der Waals surface area contributed by atoms with Crippen molar-refractivity contribution >= 4 is 26.0 Å². The number of hydrogen-bond acceptors (Lipinski definition) is 5. The summed E-state index contributed by atoms with van der Waals surface area (Å²) in [5.74, 6) is -0.0706. The molecule has 18 heavy (non-hydrogen) atoms. The summed E-state index contributed by atoms with van der Waals surface area (Å²) in [5, 5.41) is 0. The van der Waals surface area contributed by atoms with Crippen LogP contribution >= 0.6 is 15.9 Å². The summed E-state index contributed by atoms with van der Waals surface area (Å²) in [4.78, 5) is 7.71. The minimum absolute atomic E-state index is 0.0706. The topological polar surface area (TPSA) is 69.2 Å². The molecule has 5 nitrogen and oxygen atoms in total. The predicted octanol–water partition coefficient (Wildman–Crippen LogP) is 2.32. The Kier molecular flexibility index (Phi) is 3.63. The van der Waals surface area contributed by atoms with Crippen LogP contribution in [0, 0.1) is 6.92 Å². The fourth-order valence-electron chi connectivity index (χ4n) is 1.21. The molecule has 1 heterocycles. The van der Waals surface area contributed by atoms with E-state index in [4.69, 9.17) is 4.18 Å². The minimum atomic E-state index is -3.86. The summed E-state index contributed by atoms with van der Waals surface area (Å²) >= 11 is 3.10. The molecule has 2 rings (SSSR count). The molecule has 1 aromatic heterocycles. The lowest BCUT2D eigenvalue weighted by atomic mass is 10.2. The smallest absolute Gasteiger partial charge is 0.340 e. The first-order valence-corrected chi connectivity index (χ1v) is 7.16. The third-order valence-corrected chi connectivity index (χ3v) is 3.75. The Labute approximate surface area is 113 Å². The van der Waals surface area contributed by atoms with Gasteiger partial charge in [-0.25, -0.2) is 9.97 Å². The Morgan fingerprint density at radius 2 is 1.78 bits per heavy atom. The third-order valence-electron chi connectivity index (χ3n) is 2.10. The van der Waals surface area contributed by atoms with Crippen LogP contribution in [0.1, 0.15) is 5.56 Å². The first-order chi connectivity index (χ1) is 8.47. The van der Waals surface area contributed by atoms with E-state index in [9.17, 15) is 8.42 Å². The lowest BCUT2D eigenvalue weighted by molar-refractivity contribution is 0.474. The number of rotatable bonds is 3. The maximum Gasteiger partial charge on any atom is 0.340 e. The van der Waals surface area contributed by atoms with E-state index in [0.29, 0.717) is 4.60 Å². The van der Waals surface area contributed by atoms with Crippen LogP contribution in [0.2, 0.25) is 0 Å². The second-order valence-electron chi connectivity index (χ2n) is 3.53. The van der Waals surface area contributed by atoms with E-state index in [0.717, 1.165) is 5.56 Å². The predicted molar refractivity (Wildman–Crippen MR) is 68.7 cm³/mol. The Morgan fingerprint density at radius 3 is 2.33 bits per heavy atom. The van der Waals surface area contributed by atoms with Gasteiger partial charge in [-0.3, -0.25) is 0 Å². The van der Waals surface area contributed by atoms with Crippen LogP contribution in [0.3, 0.4) is 0 Å². The van der Waals surface area contributed by atoms with Crippen LogP contribution in [0.4, 0.5) is 0 Å². The van der Waals surface area contributed by atoms with E-state index in [2.05, 4.69) is 25.9 Å². The monoisotopic (exact) mass is 328 g/mol. The Balaban J connectivity index is 2.27. The molecule has 0 bridgehead atoms. The van der Waals surface area contributed by atoms with Crippen LogP contribution in [0.25, 0.3) is 0 Å². The zero-order valence-corrected chi connectivity index (χ0v) is 11.8.